The maximum atomic E-state index is 12.1. The van der Waals surface area contributed by atoms with Crippen molar-refractivity contribution in [2.75, 3.05) is 6.61 Å². The van der Waals surface area contributed by atoms with Crippen molar-refractivity contribution in [1.29, 1.82) is 0 Å². The van der Waals surface area contributed by atoms with Crippen LogP contribution in [0.4, 0.5) is 5.69 Å². The molecule has 1 unspecified atom stereocenters. The van der Waals surface area contributed by atoms with Crippen LogP contribution in [-0.2, 0) is 4.79 Å². The summed E-state index contributed by atoms with van der Waals surface area (Å²) >= 11 is 2.69. The Bertz CT molecular complexity index is 755. The van der Waals surface area contributed by atoms with Gasteiger partial charge in [-0.1, -0.05) is 17.8 Å². The zero-order valence-electron chi connectivity index (χ0n) is 13.0. The smallest absolute Gasteiger partial charge is 0.240 e. The molecule has 1 N–H and O–H groups in total. The number of amidine groups is 1. The van der Waals surface area contributed by atoms with Gasteiger partial charge < -0.3 is 10.1 Å². The third kappa shape index (κ3) is 4.04. The van der Waals surface area contributed by atoms with Crippen molar-refractivity contribution in [2.24, 2.45) is 4.99 Å². The molecular weight excluding hydrogens is 344 g/mol. The lowest BCUT2D eigenvalue weighted by atomic mass is 10.2. The topological polar surface area (TPSA) is 67.8 Å². The number of hydrogen-bond acceptors (Lipinski definition) is 6. The molecule has 0 radical (unpaired) electrons. The summed E-state index contributed by atoms with van der Waals surface area (Å²) in [6, 6.07) is 10.9. The molecule has 0 saturated carbocycles. The van der Waals surface area contributed by atoms with E-state index < -0.39 is 5.25 Å². The van der Waals surface area contributed by atoms with Crippen LogP contribution in [0.15, 0.2) is 46.8 Å². The Labute approximate surface area is 148 Å². The molecule has 1 atom stereocenters. The van der Waals surface area contributed by atoms with Crippen molar-refractivity contribution in [3.63, 3.8) is 0 Å². The van der Waals surface area contributed by atoms with Crippen LogP contribution in [0, 0.1) is 0 Å². The van der Waals surface area contributed by atoms with Crippen LogP contribution in [0.5, 0.6) is 5.75 Å². The summed E-state index contributed by atoms with van der Waals surface area (Å²) in [6.45, 7) is 2.54. The Balaban J connectivity index is 1.64. The normalized spacial score (nSPS) is 18.6. The first-order valence-corrected chi connectivity index (χ1v) is 9.27. The first-order chi connectivity index (χ1) is 11.7. The van der Waals surface area contributed by atoms with Gasteiger partial charge in [0.25, 0.3) is 0 Å². The van der Waals surface area contributed by atoms with Gasteiger partial charge in [0.1, 0.15) is 5.75 Å². The average Bonchev–Trinajstić information content (AvgIpc) is 3.20. The van der Waals surface area contributed by atoms with Crippen molar-refractivity contribution < 1.29 is 14.3 Å². The molecule has 1 aliphatic heterocycles. The Morgan fingerprint density at radius 1 is 1.29 bits per heavy atom. The quantitative estimate of drug-likeness (QED) is 0.799. The zero-order chi connectivity index (χ0) is 16.9. The van der Waals surface area contributed by atoms with Gasteiger partial charge in [-0.3, -0.25) is 9.59 Å². The van der Waals surface area contributed by atoms with E-state index in [0.29, 0.717) is 16.7 Å². The molecule has 1 aromatic heterocycles. The highest BCUT2D eigenvalue weighted by molar-refractivity contribution is 8.15. The van der Waals surface area contributed by atoms with Gasteiger partial charge >= 0.3 is 0 Å². The molecule has 0 bridgehead atoms. The van der Waals surface area contributed by atoms with Crippen LogP contribution >= 0.6 is 23.1 Å². The van der Waals surface area contributed by atoms with E-state index in [-0.39, 0.29) is 18.1 Å². The molecule has 1 amide bonds. The van der Waals surface area contributed by atoms with E-state index in [1.54, 1.807) is 6.07 Å². The minimum atomic E-state index is -0.430. The number of amides is 1. The van der Waals surface area contributed by atoms with E-state index in [1.165, 1.54) is 23.1 Å². The predicted octanol–water partition coefficient (Wildman–Crippen LogP) is 3.64. The monoisotopic (exact) mass is 360 g/mol. The minimum Gasteiger partial charge on any atom is -0.494 e. The third-order valence-electron chi connectivity index (χ3n) is 3.32. The molecule has 2 aromatic rings. The first-order valence-electron chi connectivity index (χ1n) is 7.51. The lowest BCUT2D eigenvalue weighted by Crippen LogP contribution is -2.26. The van der Waals surface area contributed by atoms with Crippen LogP contribution in [0.1, 0.15) is 23.0 Å². The largest absolute Gasteiger partial charge is 0.494 e. The molecule has 0 spiro atoms. The molecule has 5 nitrogen and oxygen atoms in total. The van der Waals surface area contributed by atoms with Crippen LogP contribution in [-0.4, -0.2) is 28.7 Å². The van der Waals surface area contributed by atoms with E-state index in [2.05, 4.69) is 10.3 Å². The van der Waals surface area contributed by atoms with Crippen molar-refractivity contribution >= 4 is 45.6 Å². The Morgan fingerprint density at radius 2 is 2.08 bits per heavy atom. The molecule has 1 aromatic carbocycles. The number of Topliss-reactive ketones (excluding diaryl/α,β-unsaturated/α-hetero) is 1. The lowest BCUT2D eigenvalue weighted by Gasteiger charge is -2.03. The van der Waals surface area contributed by atoms with Crippen LogP contribution in [0.25, 0.3) is 0 Å². The lowest BCUT2D eigenvalue weighted by molar-refractivity contribution is -0.118. The van der Waals surface area contributed by atoms with Gasteiger partial charge in [0.05, 0.1) is 22.4 Å². The molecule has 7 heteroatoms. The van der Waals surface area contributed by atoms with Gasteiger partial charge in [0, 0.05) is 6.42 Å². The molecule has 1 aliphatic rings. The number of rotatable bonds is 6. The number of carbonyl (C=O) groups is 2. The first kappa shape index (κ1) is 16.7. The summed E-state index contributed by atoms with van der Waals surface area (Å²) in [5.41, 5.74) is 0.728. The zero-order valence-corrected chi connectivity index (χ0v) is 14.7. The molecule has 24 heavy (non-hydrogen) atoms. The molecule has 3 rings (SSSR count). The number of thioether (sulfide) groups is 1. The highest BCUT2D eigenvalue weighted by Crippen LogP contribution is 2.27. The summed E-state index contributed by atoms with van der Waals surface area (Å²) in [5, 5.41) is 4.68. The van der Waals surface area contributed by atoms with E-state index in [1.807, 2.05) is 42.6 Å². The minimum absolute atomic E-state index is 0.0139. The Morgan fingerprint density at radius 3 is 2.75 bits per heavy atom. The number of benzene rings is 1. The maximum Gasteiger partial charge on any atom is 0.240 e. The van der Waals surface area contributed by atoms with Crippen molar-refractivity contribution in [3.8, 4) is 5.75 Å². The van der Waals surface area contributed by atoms with Crippen molar-refractivity contribution in [3.05, 3.63) is 46.7 Å². The number of carbonyl (C=O) groups excluding carboxylic acids is 2. The second-order valence-corrected chi connectivity index (χ2v) is 7.18. The van der Waals surface area contributed by atoms with Crippen LogP contribution < -0.4 is 10.1 Å². The molecule has 2 heterocycles. The molecular formula is C17H16N2O3S2. The van der Waals surface area contributed by atoms with E-state index >= 15 is 0 Å². The number of ketones is 1. The van der Waals surface area contributed by atoms with E-state index in [0.717, 1.165) is 11.4 Å². The molecule has 124 valence electrons. The van der Waals surface area contributed by atoms with Crippen molar-refractivity contribution in [2.45, 2.75) is 18.6 Å². The Hall–Kier alpha value is -2.12. The van der Waals surface area contributed by atoms with Crippen LogP contribution in [0.3, 0.4) is 0 Å². The summed E-state index contributed by atoms with van der Waals surface area (Å²) in [4.78, 5) is 29.3. The fourth-order valence-corrected chi connectivity index (χ4v) is 3.86. The number of nitrogens with zero attached hydrogens (tertiary/aromatic N) is 1. The highest BCUT2D eigenvalue weighted by Gasteiger charge is 2.32. The molecule has 1 saturated heterocycles. The number of nitrogens with one attached hydrogen (secondary N) is 1. The van der Waals surface area contributed by atoms with Crippen molar-refractivity contribution in [1.82, 2.24) is 5.32 Å². The second-order valence-electron chi connectivity index (χ2n) is 5.04. The standard InChI is InChI=1S/C17H16N2O3S2/c1-2-22-12-7-5-11(6-8-12)18-17-19-16(21)15(24-17)10-13(20)14-4-3-9-23-14/h3-9,15H,2,10H2,1H3,(H,18,19,21). The van der Waals surface area contributed by atoms with Crippen LogP contribution in [0.2, 0.25) is 0 Å². The van der Waals surface area contributed by atoms with E-state index in [4.69, 9.17) is 4.74 Å². The second kappa shape index (κ2) is 7.63. The number of aliphatic imine (C=N–C) groups is 1. The van der Waals surface area contributed by atoms with Gasteiger partial charge in [-0.05, 0) is 42.6 Å². The fourth-order valence-electron chi connectivity index (χ4n) is 2.20. The van der Waals surface area contributed by atoms with E-state index in [9.17, 15) is 9.59 Å². The Kier molecular flexibility index (Phi) is 5.32. The van der Waals surface area contributed by atoms with Gasteiger partial charge in [-0.15, -0.1) is 11.3 Å². The van der Waals surface area contributed by atoms with Gasteiger partial charge in [0.2, 0.25) is 5.91 Å². The molecule has 0 aliphatic carbocycles. The SMILES string of the molecule is CCOc1ccc(N=C2NC(=O)C(CC(=O)c3cccs3)S2)cc1. The fraction of sp³-hybridized carbons (Fsp3) is 0.235. The number of hydrogen-bond donors (Lipinski definition) is 1. The van der Waals surface area contributed by atoms with Gasteiger partial charge in [0.15, 0.2) is 11.0 Å². The predicted molar refractivity (Wildman–Crippen MR) is 97.5 cm³/mol. The number of ether oxygens (including phenoxy) is 1. The summed E-state index contributed by atoms with van der Waals surface area (Å²) in [6.07, 6.45) is 0.180. The number of thiophene rings is 1. The third-order valence-corrected chi connectivity index (χ3v) is 5.31. The average molecular weight is 360 g/mol. The summed E-state index contributed by atoms with van der Waals surface area (Å²) < 4.78 is 5.38. The summed E-state index contributed by atoms with van der Waals surface area (Å²) in [5.74, 6) is 0.596. The summed E-state index contributed by atoms with van der Waals surface area (Å²) in [7, 11) is 0. The van der Waals surface area contributed by atoms with Gasteiger partial charge in [-0.25, -0.2) is 4.99 Å². The highest BCUT2D eigenvalue weighted by atomic mass is 32.2. The molecule has 1 fully saturated rings. The van der Waals surface area contributed by atoms with Gasteiger partial charge in [-0.2, -0.15) is 0 Å². The maximum absolute atomic E-state index is 12.1.